The van der Waals surface area contributed by atoms with Crippen LogP contribution in [-0.2, 0) is 16.9 Å². The number of aryl methyl sites for hydroxylation is 2. The predicted octanol–water partition coefficient (Wildman–Crippen LogP) is 10.5. The third-order valence-corrected chi connectivity index (χ3v) is 7.24. The quantitative estimate of drug-likeness (QED) is 0.0766. The van der Waals surface area contributed by atoms with Crippen LogP contribution >= 0.6 is 0 Å². The van der Waals surface area contributed by atoms with E-state index in [1.165, 1.54) is 12.7 Å². The number of anilines is 2. The normalized spacial score (nSPS) is 10.7. The monoisotopic (exact) mass is 683 g/mol. The first-order valence-electron chi connectivity index (χ1n) is 15.9. The second kappa shape index (κ2) is 20.6. The predicted molar refractivity (Wildman–Crippen MR) is 193 cm³/mol. The molecule has 0 aliphatic carbocycles. The van der Waals surface area contributed by atoms with Crippen molar-refractivity contribution < 1.29 is 22.7 Å². The van der Waals surface area contributed by atoms with Crippen LogP contribution in [0.25, 0.3) is 0 Å². The number of amides is 2. The second-order valence-electron chi connectivity index (χ2n) is 10.8. The molecule has 4 rings (SSSR count). The summed E-state index contributed by atoms with van der Waals surface area (Å²) in [6.45, 7) is 6.57. The summed E-state index contributed by atoms with van der Waals surface area (Å²) in [5, 5.41) is 22.5. The molecular weight excluding hydrogens is 643 g/mol. The average molecular weight is 684 g/mol. The second-order valence-corrected chi connectivity index (χ2v) is 11.5. The molecule has 0 bridgehead atoms. The number of methoxy groups -OCH3 is 1. The van der Waals surface area contributed by atoms with Crippen molar-refractivity contribution in [3.8, 4) is 5.75 Å². The van der Waals surface area contributed by atoms with E-state index in [-0.39, 0.29) is 5.56 Å². The highest BCUT2D eigenvalue weighted by atomic mass is 32.2. The molecule has 13 heteroatoms. The summed E-state index contributed by atoms with van der Waals surface area (Å²) in [4.78, 5) is 24.5. The van der Waals surface area contributed by atoms with Crippen LogP contribution in [0.4, 0.5) is 38.9 Å². The third-order valence-electron chi connectivity index (χ3n) is 6.85. The van der Waals surface area contributed by atoms with Crippen LogP contribution in [0, 0.1) is 6.92 Å². The summed E-state index contributed by atoms with van der Waals surface area (Å²) >= 11 is 0. The van der Waals surface area contributed by atoms with Crippen molar-refractivity contribution in [1.82, 2.24) is 0 Å². The summed E-state index contributed by atoms with van der Waals surface area (Å²) in [6, 6.07) is 25.0. The number of nitrogens with one attached hydrogen (secondary N) is 2. The van der Waals surface area contributed by atoms with Gasteiger partial charge in [-0.3, -0.25) is 4.79 Å². The van der Waals surface area contributed by atoms with E-state index in [4.69, 9.17) is 4.74 Å². The molecule has 49 heavy (non-hydrogen) atoms. The zero-order valence-corrected chi connectivity index (χ0v) is 28.9. The summed E-state index contributed by atoms with van der Waals surface area (Å²) in [5.41, 5.74) is 5.86. The fraction of sp³-hybridized carbons (Fsp3) is 0.278. The minimum absolute atomic E-state index is 0.266. The number of azo groups is 2. The highest BCUT2D eigenvalue weighted by molar-refractivity contribution is 7.61. The van der Waals surface area contributed by atoms with Gasteiger partial charge in [-0.2, -0.15) is 33.2 Å². The van der Waals surface area contributed by atoms with Crippen molar-refractivity contribution in [2.45, 2.75) is 52.9 Å². The molecule has 0 unspecified atom stereocenters. The molecule has 0 aliphatic heterocycles. The largest absolute Gasteiger partial charge is 0.494 e. The SMILES string of the molecule is CCCCN=S(=O)=O.CCCCc1cccc(N=Nc2ccc(NC(=O)Nc3ccc(N=Nc4cccc(C)c4)cc3C=O)c(OC)c2)c1. The van der Waals surface area contributed by atoms with Gasteiger partial charge in [-0.05, 0) is 91.9 Å². The first-order valence-corrected chi connectivity index (χ1v) is 16.9. The summed E-state index contributed by atoms with van der Waals surface area (Å²) in [6.07, 6.45) is 5.77. The van der Waals surface area contributed by atoms with Crippen molar-refractivity contribution in [3.05, 3.63) is 102 Å². The molecule has 2 amide bonds. The molecule has 0 aliphatic rings. The molecule has 0 aromatic heterocycles. The van der Waals surface area contributed by atoms with Gasteiger partial charge >= 0.3 is 16.5 Å². The van der Waals surface area contributed by atoms with Crippen LogP contribution in [0.1, 0.15) is 61.0 Å². The lowest BCUT2D eigenvalue weighted by Crippen LogP contribution is -2.20. The number of aldehydes is 1. The lowest BCUT2D eigenvalue weighted by Gasteiger charge is -2.12. The summed E-state index contributed by atoms with van der Waals surface area (Å²) in [7, 11) is -0.687. The van der Waals surface area contributed by atoms with Crippen molar-refractivity contribution in [1.29, 1.82) is 0 Å². The van der Waals surface area contributed by atoms with Crippen molar-refractivity contribution in [2.24, 2.45) is 24.8 Å². The van der Waals surface area contributed by atoms with E-state index < -0.39 is 16.5 Å². The van der Waals surface area contributed by atoms with Gasteiger partial charge in [0.15, 0.2) is 6.29 Å². The fourth-order valence-corrected chi connectivity index (χ4v) is 4.60. The van der Waals surface area contributed by atoms with Gasteiger partial charge in [-0.25, -0.2) is 4.79 Å². The molecule has 4 aromatic rings. The minimum atomic E-state index is -2.19. The molecule has 12 nitrogen and oxygen atoms in total. The third kappa shape index (κ3) is 13.6. The van der Waals surface area contributed by atoms with Crippen LogP contribution in [0.3, 0.4) is 0 Å². The van der Waals surface area contributed by atoms with Gasteiger partial charge < -0.3 is 15.4 Å². The van der Waals surface area contributed by atoms with E-state index in [1.807, 2.05) is 56.3 Å². The van der Waals surface area contributed by atoms with Crippen LogP contribution in [-0.4, -0.2) is 34.4 Å². The minimum Gasteiger partial charge on any atom is -0.494 e. The molecule has 0 atom stereocenters. The Morgan fingerprint density at radius 1 is 0.755 bits per heavy atom. The van der Waals surface area contributed by atoms with Gasteiger partial charge in [0.25, 0.3) is 0 Å². The van der Waals surface area contributed by atoms with Gasteiger partial charge in [0.05, 0.1) is 47.8 Å². The number of benzene rings is 4. The molecule has 4 aromatic carbocycles. The molecule has 0 radical (unpaired) electrons. The molecule has 0 fully saturated rings. The zero-order chi connectivity index (χ0) is 35.4. The number of ether oxygens (including phenoxy) is 1. The Kier molecular flexibility index (Phi) is 16.0. The number of urea groups is 1. The summed E-state index contributed by atoms with van der Waals surface area (Å²) in [5.74, 6) is 0.413. The first-order chi connectivity index (χ1) is 23.7. The number of unbranched alkanes of at least 4 members (excludes halogenated alkanes) is 2. The number of hydrogen-bond donors (Lipinski definition) is 2. The van der Waals surface area contributed by atoms with E-state index in [0.717, 1.165) is 43.4 Å². The first kappa shape index (κ1) is 37.9. The molecule has 0 saturated carbocycles. The Morgan fingerprint density at radius 3 is 1.96 bits per heavy atom. The molecule has 0 heterocycles. The van der Waals surface area contributed by atoms with Crippen molar-refractivity contribution >= 4 is 56.9 Å². The molecule has 0 saturated heterocycles. The highest BCUT2D eigenvalue weighted by Gasteiger charge is 2.12. The topological polar surface area (TPSA) is 163 Å². The molecule has 0 spiro atoms. The Hall–Kier alpha value is -5.56. The molecular formula is C36H41N7O5S. The van der Waals surface area contributed by atoms with Crippen LogP contribution in [0.5, 0.6) is 5.75 Å². The van der Waals surface area contributed by atoms with Crippen molar-refractivity contribution in [3.63, 3.8) is 0 Å². The number of carbonyl (C=O) groups is 2. The summed E-state index contributed by atoms with van der Waals surface area (Å²) < 4.78 is 28.1. The van der Waals surface area contributed by atoms with Crippen LogP contribution in [0.2, 0.25) is 0 Å². The number of carbonyl (C=O) groups excluding carboxylic acids is 2. The van der Waals surface area contributed by atoms with Crippen LogP contribution < -0.4 is 15.4 Å². The molecule has 2 N–H and O–H groups in total. The van der Waals surface area contributed by atoms with E-state index in [1.54, 1.807) is 36.4 Å². The van der Waals surface area contributed by atoms with Gasteiger partial charge in [0, 0.05) is 11.6 Å². The Labute approximate surface area is 288 Å². The average Bonchev–Trinajstić information content (AvgIpc) is 3.10. The van der Waals surface area contributed by atoms with Gasteiger partial charge in [0.2, 0.25) is 0 Å². The van der Waals surface area contributed by atoms with Gasteiger partial charge in [-0.1, -0.05) is 51.0 Å². The highest BCUT2D eigenvalue weighted by Crippen LogP contribution is 2.31. The van der Waals surface area contributed by atoms with E-state index in [2.05, 4.69) is 48.4 Å². The Balaban J connectivity index is 0.000000723. The van der Waals surface area contributed by atoms with E-state index in [9.17, 15) is 18.0 Å². The zero-order valence-electron chi connectivity index (χ0n) is 28.1. The Morgan fingerprint density at radius 2 is 1.35 bits per heavy atom. The van der Waals surface area contributed by atoms with E-state index in [0.29, 0.717) is 47.0 Å². The maximum atomic E-state index is 12.8. The lowest BCUT2D eigenvalue weighted by atomic mass is 10.1. The number of hydrogen-bond acceptors (Lipinski definition) is 10. The van der Waals surface area contributed by atoms with E-state index >= 15 is 0 Å². The fourth-order valence-electron chi connectivity index (χ4n) is 4.32. The van der Waals surface area contributed by atoms with Gasteiger partial charge in [0.1, 0.15) is 5.75 Å². The van der Waals surface area contributed by atoms with Gasteiger partial charge in [-0.15, -0.1) is 0 Å². The van der Waals surface area contributed by atoms with Crippen LogP contribution in [0.15, 0.2) is 110 Å². The van der Waals surface area contributed by atoms with Crippen molar-refractivity contribution in [2.75, 3.05) is 24.3 Å². The Bertz CT molecular complexity index is 1900. The number of rotatable bonds is 14. The smallest absolute Gasteiger partial charge is 0.323 e. The lowest BCUT2D eigenvalue weighted by molar-refractivity contribution is 0.112. The standard InChI is InChI=1S/C32H32N6O3.C4H9NO2S/c1-4-5-9-23-10-7-12-26(18-23)36-38-28-14-16-30(31(20-28)41-3)34-32(40)33-29-15-13-27(19-24(29)21-39)37-35-25-11-6-8-22(2)17-25;1-2-3-4-5-8(6)7/h6-8,10-21H,4-5,9H2,1-3H3,(H2,33,34,40);2-4H2,1H3. The maximum Gasteiger partial charge on any atom is 0.323 e. The molecule has 256 valence electrons. The number of nitrogens with zero attached hydrogens (tertiary/aromatic N) is 5. The maximum absolute atomic E-state index is 12.8.